The normalized spacial score (nSPS) is 30.1. The summed E-state index contributed by atoms with van der Waals surface area (Å²) < 4.78 is 37.3. The topological polar surface area (TPSA) is 55.8 Å². The summed E-state index contributed by atoms with van der Waals surface area (Å²) in [5.41, 5.74) is -0.628. The maximum absolute atomic E-state index is 11.9. The van der Waals surface area contributed by atoms with Crippen LogP contribution in [0.15, 0.2) is 0 Å². The molecule has 2 saturated heterocycles. The summed E-state index contributed by atoms with van der Waals surface area (Å²) in [6, 6.07) is 0. The van der Waals surface area contributed by atoms with Crippen LogP contribution in [0.25, 0.3) is 0 Å². The smallest absolute Gasteiger partial charge is 0.403 e. The molecule has 0 N–H and O–H groups in total. The fourth-order valence-corrected chi connectivity index (χ4v) is 3.94. The average Bonchev–Trinajstić information content (AvgIpc) is 2.83. The van der Waals surface area contributed by atoms with Gasteiger partial charge in [0, 0.05) is 13.1 Å². The molecular weight excluding hydrogens is 277 g/mol. The van der Waals surface area contributed by atoms with Gasteiger partial charge in [-0.15, -0.1) is 0 Å². The van der Waals surface area contributed by atoms with Crippen molar-refractivity contribution in [2.75, 3.05) is 18.8 Å². The number of nitrogens with zero attached hydrogens (tertiary/aromatic N) is 1. The molecule has 1 atom stereocenters. The Hall–Kier alpha value is -0.105. The van der Waals surface area contributed by atoms with Crippen molar-refractivity contribution in [2.45, 2.75) is 58.6 Å². The molecule has 0 aromatic heterocycles. The monoisotopic (exact) mass is 303 g/mol. The van der Waals surface area contributed by atoms with Crippen molar-refractivity contribution in [1.82, 2.24) is 4.31 Å². The summed E-state index contributed by atoms with van der Waals surface area (Å²) in [6.45, 7) is 11.1. The first-order valence-electron chi connectivity index (χ1n) is 7.41. The summed E-state index contributed by atoms with van der Waals surface area (Å²) >= 11 is 0. The van der Waals surface area contributed by atoms with E-state index in [2.05, 4.69) is 0 Å². The lowest BCUT2D eigenvalue weighted by Crippen LogP contribution is -2.41. The first kappa shape index (κ1) is 16.3. The Morgan fingerprint density at radius 2 is 1.75 bits per heavy atom. The van der Waals surface area contributed by atoms with E-state index in [1.54, 1.807) is 11.2 Å². The summed E-state index contributed by atoms with van der Waals surface area (Å²) in [5, 5.41) is 0. The Morgan fingerprint density at radius 1 is 1.20 bits per heavy atom. The van der Waals surface area contributed by atoms with Crippen LogP contribution < -0.4 is 0 Å². The highest BCUT2D eigenvalue weighted by Crippen LogP contribution is 2.39. The van der Waals surface area contributed by atoms with Crippen molar-refractivity contribution in [1.29, 1.82) is 0 Å². The van der Waals surface area contributed by atoms with Crippen LogP contribution in [-0.2, 0) is 19.3 Å². The quantitative estimate of drug-likeness (QED) is 0.743. The lowest BCUT2D eigenvalue weighted by atomic mass is 9.77. The van der Waals surface area contributed by atoms with Crippen LogP contribution in [0.2, 0.25) is 6.32 Å². The van der Waals surface area contributed by atoms with Crippen molar-refractivity contribution in [2.24, 2.45) is 5.92 Å². The van der Waals surface area contributed by atoms with Gasteiger partial charge in [0.05, 0.1) is 17.0 Å². The second-order valence-electron chi connectivity index (χ2n) is 6.83. The van der Waals surface area contributed by atoms with Crippen LogP contribution in [-0.4, -0.2) is 49.9 Å². The van der Waals surface area contributed by atoms with Gasteiger partial charge in [0.2, 0.25) is 10.0 Å². The predicted octanol–water partition coefficient (Wildman–Crippen LogP) is 1.75. The van der Waals surface area contributed by atoms with E-state index in [0.29, 0.717) is 19.0 Å². The molecule has 0 aromatic carbocycles. The van der Waals surface area contributed by atoms with Gasteiger partial charge in [-0.05, 0) is 53.3 Å². The van der Waals surface area contributed by atoms with Crippen LogP contribution in [0.4, 0.5) is 0 Å². The standard InChI is InChI=1S/C13H26BNO4S/c1-6-20(16,17)15-8-7-11(10-15)9-14-18-12(2,3)13(4,5)19-14/h11H,6-10H2,1-5H3. The van der Waals surface area contributed by atoms with E-state index in [1.807, 2.05) is 27.7 Å². The minimum Gasteiger partial charge on any atom is -0.403 e. The van der Waals surface area contributed by atoms with Crippen molar-refractivity contribution in [3.63, 3.8) is 0 Å². The molecule has 2 aliphatic rings. The third-order valence-corrected chi connectivity index (χ3v) is 6.68. The zero-order valence-corrected chi connectivity index (χ0v) is 14.0. The van der Waals surface area contributed by atoms with Crippen molar-refractivity contribution >= 4 is 17.1 Å². The van der Waals surface area contributed by atoms with Crippen LogP contribution in [0.5, 0.6) is 0 Å². The third-order valence-electron chi connectivity index (χ3n) is 4.83. The van der Waals surface area contributed by atoms with Crippen LogP contribution in [0.3, 0.4) is 0 Å². The zero-order valence-electron chi connectivity index (χ0n) is 13.2. The lowest BCUT2D eigenvalue weighted by molar-refractivity contribution is 0.00578. The third kappa shape index (κ3) is 3.05. The van der Waals surface area contributed by atoms with Gasteiger partial charge in [0.1, 0.15) is 0 Å². The van der Waals surface area contributed by atoms with Gasteiger partial charge < -0.3 is 9.31 Å². The Kier molecular flexibility index (Phi) is 4.28. The first-order valence-corrected chi connectivity index (χ1v) is 9.02. The van der Waals surface area contributed by atoms with E-state index in [0.717, 1.165) is 12.7 Å². The second-order valence-corrected chi connectivity index (χ2v) is 9.09. The fraction of sp³-hybridized carbons (Fsp3) is 1.00. The molecule has 2 heterocycles. The average molecular weight is 303 g/mol. The van der Waals surface area contributed by atoms with E-state index in [4.69, 9.17) is 9.31 Å². The molecule has 0 aromatic rings. The SMILES string of the molecule is CCS(=O)(=O)N1CCC(CB2OC(C)(C)C(C)(C)O2)C1. The molecule has 2 fully saturated rings. The largest absolute Gasteiger partial charge is 0.458 e. The second kappa shape index (κ2) is 5.27. The van der Waals surface area contributed by atoms with Gasteiger partial charge in [0.25, 0.3) is 0 Å². The number of hydrogen-bond acceptors (Lipinski definition) is 4. The maximum atomic E-state index is 11.9. The Labute approximate surface area is 123 Å². The van der Waals surface area contributed by atoms with Crippen LogP contribution in [0, 0.1) is 5.92 Å². The lowest BCUT2D eigenvalue weighted by Gasteiger charge is -2.32. The highest BCUT2D eigenvalue weighted by molar-refractivity contribution is 7.89. The molecule has 0 saturated carbocycles. The zero-order chi connectivity index (χ0) is 15.2. The molecule has 0 amide bonds. The summed E-state index contributed by atoms with van der Waals surface area (Å²) in [4.78, 5) is 0. The molecule has 20 heavy (non-hydrogen) atoms. The summed E-state index contributed by atoms with van der Waals surface area (Å²) in [5.74, 6) is 0.502. The molecule has 5 nitrogen and oxygen atoms in total. The summed E-state index contributed by atoms with van der Waals surface area (Å²) in [6.07, 6.45) is 1.66. The van der Waals surface area contributed by atoms with Gasteiger partial charge in [0.15, 0.2) is 0 Å². The Balaban J connectivity index is 1.91. The van der Waals surface area contributed by atoms with E-state index >= 15 is 0 Å². The molecule has 0 radical (unpaired) electrons. The van der Waals surface area contributed by atoms with E-state index in [-0.39, 0.29) is 24.1 Å². The summed E-state index contributed by atoms with van der Waals surface area (Å²) in [7, 11) is -3.29. The molecule has 2 aliphatic heterocycles. The number of sulfonamides is 1. The van der Waals surface area contributed by atoms with Crippen LogP contribution >= 0.6 is 0 Å². The molecule has 7 heteroatoms. The maximum Gasteiger partial charge on any atom is 0.458 e. The van der Waals surface area contributed by atoms with Crippen molar-refractivity contribution < 1.29 is 17.7 Å². The molecular formula is C13H26BNO4S. The highest BCUT2D eigenvalue weighted by atomic mass is 32.2. The van der Waals surface area contributed by atoms with Gasteiger partial charge in [-0.3, -0.25) is 0 Å². The van der Waals surface area contributed by atoms with Gasteiger partial charge in [-0.25, -0.2) is 12.7 Å². The van der Waals surface area contributed by atoms with Gasteiger partial charge >= 0.3 is 7.12 Å². The minimum absolute atomic E-state index is 0.177. The highest BCUT2D eigenvalue weighted by Gasteiger charge is 2.51. The van der Waals surface area contributed by atoms with Crippen molar-refractivity contribution in [3.8, 4) is 0 Å². The predicted molar refractivity (Wildman–Crippen MR) is 80.0 cm³/mol. The number of hydrogen-bond donors (Lipinski definition) is 0. The van der Waals surface area contributed by atoms with E-state index in [9.17, 15) is 8.42 Å². The first-order chi connectivity index (χ1) is 9.07. The molecule has 2 rings (SSSR count). The Morgan fingerprint density at radius 3 is 2.25 bits per heavy atom. The van der Waals surface area contributed by atoms with Gasteiger partial charge in [-0.2, -0.15) is 0 Å². The van der Waals surface area contributed by atoms with Crippen molar-refractivity contribution in [3.05, 3.63) is 0 Å². The molecule has 1 unspecified atom stereocenters. The molecule has 0 aliphatic carbocycles. The molecule has 0 spiro atoms. The number of rotatable bonds is 4. The Bertz CT molecular complexity index is 447. The van der Waals surface area contributed by atoms with Crippen LogP contribution in [0.1, 0.15) is 41.0 Å². The fourth-order valence-electron chi connectivity index (χ4n) is 2.76. The van der Waals surface area contributed by atoms with E-state index < -0.39 is 10.0 Å². The van der Waals surface area contributed by atoms with Gasteiger partial charge in [-0.1, -0.05) is 0 Å². The van der Waals surface area contributed by atoms with E-state index in [1.165, 1.54) is 0 Å². The molecule has 0 bridgehead atoms. The minimum atomic E-state index is -3.06. The molecule has 116 valence electrons.